The first kappa shape index (κ1) is 15.1. The van der Waals surface area contributed by atoms with Crippen molar-refractivity contribution in [1.82, 2.24) is 4.57 Å². The molecular formula is C18H19N3O2. The number of para-hydroxylation sites is 2. The molecule has 0 saturated heterocycles. The van der Waals surface area contributed by atoms with Gasteiger partial charge in [-0.3, -0.25) is 0 Å². The zero-order valence-electron chi connectivity index (χ0n) is 13.0. The first-order valence-electron chi connectivity index (χ1n) is 7.48. The van der Waals surface area contributed by atoms with Gasteiger partial charge < -0.3 is 19.9 Å². The molecule has 0 bridgehead atoms. The fraction of sp³-hybridized carbons (Fsp3) is 0.167. The quantitative estimate of drug-likeness (QED) is 0.750. The van der Waals surface area contributed by atoms with Crippen molar-refractivity contribution in [1.29, 1.82) is 0 Å². The number of methoxy groups -OCH3 is 1. The van der Waals surface area contributed by atoms with Gasteiger partial charge in [-0.15, -0.1) is 0 Å². The van der Waals surface area contributed by atoms with Gasteiger partial charge in [-0.1, -0.05) is 36.4 Å². The van der Waals surface area contributed by atoms with Gasteiger partial charge >= 0.3 is 6.03 Å². The van der Waals surface area contributed by atoms with Crippen molar-refractivity contribution < 1.29 is 9.53 Å². The van der Waals surface area contributed by atoms with Crippen LogP contribution in [0.15, 0.2) is 60.8 Å². The number of rotatable bonds is 5. The van der Waals surface area contributed by atoms with Crippen LogP contribution in [0, 0.1) is 0 Å². The zero-order valence-corrected chi connectivity index (χ0v) is 13.0. The van der Waals surface area contributed by atoms with Crippen LogP contribution in [-0.2, 0) is 11.3 Å². The molecule has 0 aliphatic carbocycles. The van der Waals surface area contributed by atoms with E-state index >= 15 is 0 Å². The topological polar surface area (TPSA) is 55.3 Å². The monoisotopic (exact) mass is 309 g/mol. The maximum Gasteiger partial charge on any atom is 0.323 e. The van der Waals surface area contributed by atoms with E-state index in [-0.39, 0.29) is 6.03 Å². The number of hydrogen-bond acceptors (Lipinski definition) is 2. The lowest BCUT2D eigenvalue weighted by Gasteiger charge is -2.06. The van der Waals surface area contributed by atoms with E-state index in [1.54, 1.807) is 7.11 Å². The normalized spacial score (nSPS) is 10.7. The summed E-state index contributed by atoms with van der Waals surface area (Å²) in [5, 5.41) is 6.75. The Balaban J connectivity index is 1.80. The molecule has 1 heterocycles. The second kappa shape index (κ2) is 6.98. The molecule has 3 rings (SSSR count). The largest absolute Gasteiger partial charge is 0.383 e. The van der Waals surface area contributed by atoms with E-state index in [0.29, 0.717) is 6.61 Å². The number of nitrogens with zero attached hydrogens (tertiary/aromatic N) is 1. The first-order valence-corrected chi connectivity index (χ1v) is 7.48. The molecule has 0 unspecified atom stereocenters. The molecule has 0 aliphatic heterocycles. The number of hydrogen-bond donors (Lipinski definition) is 2. The summed E-state index contributed by atoms with van der Waals surface area (Å²) in [6.07, 6.45) is 1.94. The van der Waals surface area contributed by atoms with Crippen LogP contribution in [0.1, 0.15) is 0 Å². The van der Waals surface area contributed by atoms with E-state index in [4.69, 9.17) is 4.74 Å². The third kappa shape index (κ3) is 3.52. The number of urea groups is 1. The Hall–Kier alpha value is -2.79. The number of anilines is 2. The maximum absolute atomic E-state index is 12.2. The Morgan fingerprint density at radius 1 is 1.04 bits per heavy atom. The number of amides is 2. The van der Waals surface area contributed by atoms with Gasteiger partial charge in [0, 0.05) is 30.9 Å². The molecule has 0 saturated carbocycles. The highest BCUT2D eigenvalue weighted by Crippen LogP contribution is 2.26. The highest BCUT2D eigenvalue weighted by atomic mass is 16.5. The second-order valence-electron chi connectivity index (χ2n) is 5.19. The van der Waals surface area contributed by atoms with E-state index in [0.717, 1.165) is 28.8 Å². The van der Waals surface area contributed by atoms with Crippen LogP contribution in [0.3, 0.4) is 0 Å². The lowest BCUT2D eigenvalue weighted by molar-refractivity contribution is 0.188. The molecule has 118 valence electrons. The molecule has 2 amide bonds. The fourth-order valence-corrected chi connectivity index (χ4v) is 2.53. The zero-order chi connectivity index (χ0) is 16.1. The highest BCUT2D eigenvalue weighted by Gasteiger charge is 2.10. The summed E-state index contributed by atoms with van der Waals surface area (Å²) in [6, 6.07) is 17.1. The molecule has 0 fully saturated rings. The smallest absolute Gasteiger partial charge is 0.323 e. The summed E-state index contributed by atoms with van der Waals surface area (Å²) in [7, 11) is 1.68. The first-order chi connectivity index (χ1) is 11.3. The maximum atomic E-state index is 12.2. The van der Waals surface area contributed by atoms with E-state index in [1.165, 1.54) is 0 Å². The number of fused-ring (bicyclic) bond motifs is 1. The van der Waals surface area contributed by atoms with Crippen molar-refractivity contribution in [3.63, 3.8) is 0 Å². The van der Waals surface area contributed by atoms with Gasteiger partial charge in [0.25, 0.3) is 0 Å². The molecule has 0 radical (unpaired) electrons. The molecule has 2 N–H and O–H groups in total. The van der Waals surface area contributed by atoms with Crippen molar-refractivity contribution in [3.8, 4) is 0 Å². The van der Waals surface area contributed by atoms with Gasteiger partial charge in [0.15, 0.2) is 0 Å². The minimum Gasteiger partial charge on any atom is -0.383 e. The molecule has 3 aromatic rings. The Kier molecular flexibility index (Phi) is 4.59. The predicted molar refractivity (Wildman–Crippen MR) is 92.9 cm³/mol. The SMILES string of the molecule is COCCn1cc(NC(=O)Nc2ccccc2)c2ccccc21. The van der Waals surface area contributed by atoms with Gasteiger partial charge in [0.05, 0.1) is 17.8 Å². The van der Waals surface area contributed by atoms with E-state index < -0.39 is 0 Å². The summed E-state index contributed by atoms with van der Waals surface area (Å²) >= 11 is 0. The number of nitrogens with one attached hydrogen (secondary N) is 2. The van der Waals surface area contributed by atoms with Crippen LogP contribution in [-0.4, -0.2) is 24.3 Å². The van der Waals surface area contributed by atoms with E-state index in [1.807, 2.05) is 60.8 Å². The molecule has 5 heteroatoms. The van der Waals surface area contributed by atoms with Crippen molar-refractivity contribution in [2.24, 2.45) is 0 Å². The van der Waals surface area contributed by atoms with Gasteiger partial charge in [-0.05, 0) is 18.2 Å². The predicted octanol–water partition coefficient (Wildman–Crippen LogP) is 3.93. The number of benzene rings is 2. The molecule has 5 nitrogen and oxygen atoms in total. The third-order valence-electron chi connectivity index (χ3n) is 3.60. The summed E-state index contributed by atoms with van der Waals surface area (Å²) < 4.78 is 7.22. The molecular weight excluding hydrogens is 290 g/mol. The average Bonchev–Trinajstić information content (AvgIpc) is 2.92. The van der Waals surface area contributed by atoms with Gasteiger partial charge in [-0.25, -0.2) is 4.79 Å². The number of carbonyl (C=O) groups excluding carboxylic acids is 1. The van der Waals surface area contributed by atoms with Crippen LogP contribution in [0.25, 0.3) is 10.9 Å². The van der Waals surface area contributed by atoms with Crippen LogP contribution in [0.4, 0.5) is 16.2 Å². The number of carbonyl (C=O) groups is 1. The lowest BCUT2D eigenvalue weighted by Crippen LogP contribution is -2.19. The standard InChI is InChI=1S/C18H19N3O2/c1-23-12-11-21-13-16(15-9-5-6-10-17(15)21)20-18(22)19-14-7-3-2-4-8-14/h2-10,13H,11-12H2,1H3,(H2,19,20,22). The average molecular weight is 309 g/mol. The van der Waals surface area contributed by atoms with Gasteiger partial charge in [-0.2, -0.15) is 0 Å². The fourth-order valence-electron chi connectivity index (χ4n) is 2.53. The Morgan fingerprint density at radius 2 is 1.78 bits per heavy atom. The number of ether oxygens (including phenoxy) is 1. The molecule has 0 aliphatic rings. The molecule has 0 atom stereocenters. The third-order valence-corrected chi connectivity index (χ3v) is 3.60. The van der Waals surface area contributed by atoms with Crippen LogP contribution >= 0.6 is 0 Å². The van der Waals surface area contributed by atoms with Crippen molar-refractivity contribution in [3.05, 3.63) is 60.8 Å². The minimum absolute atomic E-state index is 0.258. The lowest BCUT2D eigenvalue weighted by atomic mass is 10.2. The van der Waals surface area contributed by atoms with E-state index in [2.05, 4.69) is 15.2 Å². The molecule has 2 aromatic carbocycles. The Labute approximate surface area is 134 Å². The van der Waals surface area contributed by atoms with Crippen molar-refractivity contribution >= 4 is 28.3 Å². The summed E-state index contributed by atoms with van der Waals surface area (Å²) in [5.41, 5.74) is 2.61. The summed E-state index contributed by atoms with van der Waals surface area (Å²) in [4.78, 5) is 12.2. The van der Waals surface area contributed by atoms with Crippen LogP contribution < -0.4 is 10.6 Å². The van der Waals surface area contributed by atoms with Gasteiger partial charge in [0.2, 0.25) is 0 Å². The van der Waals surface area contributed by atoms with Gasteiger partial charge in [0.1, 0.15) is 0 Å². The van der Waals surface area contributed by atoms with Crippen LogP contribution in [0.2, 0.25) is 0 Å². The summed E-state index contributed by atoms with van der Waals surface area (Å²) in [6.45, 7) is 1.35. The number of aromatic nitrogens is 1. The second-order valence-corrected chi connectivity index (χ2v) is 5.19. The summed E-state index contributed by atoms with van der Waals surface area (Å²) in [5.74, 6) is 0. The molecule has 0 spiro atoms. The minimum atomic E-state index is -0.258. The Bertz CT molecular complexity index is 796. The van der Waals surface area contributed by atoms with Crippen molar-refractivity contribution in [2.75, 3.05) is 24.4 Å². The Morgan fingerprint density at radius 3 is 2.57 bits per heavy atom. The van der Waals surface area contributed by atoms with Crippen LogP contribution in [0.5, 0.6) is 0 Å². The highest BCUT2D eigenvalue weighted by molar-refractivity contribution is 6.06. The molecule has 23 heavy (non-hydrogen) atoms. The van der Waals surface area contributed by atoms with Crippen molar-refractivity contribution in [2.45, 2.75) is 6.54 Å². The molecule has 1 aromatic heterocycles. The van der Waals surface area contributed by atoms with E-state index in [9.17, 15) is 4.79 Å².